The van der Waals surface area contributed by atoms with Gasteiger partial charge in [0.1, 0.15) is 11.5 Å². The van der Waals surface area contributed by atoms with Gasteiger partial charge in [-0.1, -0.05) is 6.58 Å². The van der Waals surface area contributed by atoms with E-state index in [0.717, 1.165) is 5.69 Å². The fourth-order valence-corrected chi connectivity index (χ4v) is 0.923. The first-order valence-electron chi connectivity index (χ1n) is 3.35. The molecule has 0 aliphatic rings. The van der Waals surface area contributed by atoms with E-state index in [4.69, 9.17) is 0 Å². The maximum atomic E-state index is 10.9. The second kappa shape index (κ2) is 2.70. The van der Waals surface area contributed by atoms with Gasteiger partial charge in [-0.2, -0.15) is 0 Å². The Balaban J connectivity index is 3.16. The van der Waals surface area contributed by atoms with E-state index in [1.165, 1.54) is 6.92 Å². The van der Waals surface area contributed by atoms with Crippen LogP contribution in [-0.4, -0.2) is 15.8 Å². The second-order valence-corrected chi connectivity index (χ2v) is 2.36. The molecule has 3 heteroatoms. The van der Waals surface area contributed by atoms with Gasteiger partial charge >= 0.3 is 0 Å². The highest BCUT2D eigenvalue weighted by Gasteiger charge is 2.07. The van der Waals surface area contributed by atoms with Crippen LogP contribution in [0.3, 0.4) is 0 Å². The van der Waals surface area contributed by atoms with Crippen molar-refractivity contribution in [3.8, 4) is 0 Å². The number of Topliss-reactive ketones (excluding diaryl/α,β-unsaturated/α-hetero) is 1. The van der Waals surface area contributed by atoms with Crippen molar-refractivity contribution in [3.05, 3.63) is 23.8 Å². The molecule has 3 nitrogen and oxygen atoms in total. The van der Waals surface area contributed by atoms with Gasteiger partial charge in [0.25, 0.3) is 0 Å². The smallest absolute Gasteiger partial charge is 0.179 e. The number of nitrogens with one attached hydrogen (secondary N) is 1. The molecule has 0 saturated carbocycles. The molecule has 0 amide bonds. The van der Waals surface area contributed by atoms with Crippen molar-refractivity contribution in [1.82, 2.24) is 9.97 Å². The molecule has 0 aliphatic heterocycles. The molecule has 0 spiro atoms. The Morgan fingerprint density at radius 3 is 2.64 bits per heavy atom. The van der Waals surface area contributed by atoms with Crippen molar-refractivity contribution in [1.29, 1.82) is 0 Å². The first kappa shape index (κ1) is 7.72. The lowest BCUT2D eigenvalue weighted by molar-refractivity contribution is 0.101. The van der Waals surface area contributed by atoms with E-state index in [0.29, 0.717) is 11.5 Å². The van der Waals surface area contributed by atoms with Gasteiger partial charge in [-0.25, -0.2) is 4.98 Å². The van der Waals surface area contributed by atoms with Crippen LogP contribution in [0.1, 0.15) is 28.9 Å². The van der Waals surface area contributed by atoms with E-state index >= 15 is 0 Å². The van der Waals surface area contributed by atoms with Crippen molar-refractivity contribution >= 4 is 11.9 Å². The highest BCUT2D eigenvalue weighted by atomic mass is 16.1. The van der Waals surface area contributed by atoms with E-state index in [1.807, 2.05) is 6.92 Å². The number of nitrogens with zero attached hydrogens (tertiary/aromatic N) is 1. The quantitative estimate of drug-likeness (QED) is 0.650. The number of aromatic nitrogens is 2. The number of aromatic amines is 1. The molecular formula is C8H10N2O. The highest BCUT2D eigenvalue weighted by Crippen LogP contribution is 2.05. The molecule has 1 aromatic heterocycles. The lowest BCUT2D eigenvalue weighted by atomic mass is 10.3. The summed E-state index contributed by atoms with van der Waals surface area (Å²) in [7, 11) is 0. The van der Waals surface area contributed by atoms with Crippen molar-refractivity contribution < 1.29 is 4.79 Å². The Kier molecular flexibility index (Phi) is 1.89. The van der Waals surface area contributed by atoms with E-state index in [9.17, 15) is 4.79 Å². The lowest BCUT2D eigenvalue weighted by Gasteiger charge is -1.86. The molecule has 0 atom stereocenters. The Bertz CT molecular complexity index is 299. The summed E-state index contributed by atoms with van der Waals surface area (Å²) in [4.78, 5) is 17.8. The van der Waals surface area contributed by atoms with E-state index < -0.39 is 0 Å². The van der Waals surface area contributed by atoms with Gasteiger partial charge in [-0.15, -0.1) is 0 Å². The van der Waals surface area contributed by atoms with Crippen molar-refractivity contribution in [3.63, 3.8) is 0 Å². The Hall–Kier alpha value is -1.38. The van der Waals surface area contributed by atoms with Crippen LogP contribution in [-0.2, 0) is 0 Å². The molecule has 0 radical (unpaired) electrons. The lowest BCUT2D eigenvalue weighted by Crippen LogP contribution is -1.94. The first-order chi connectivity index (χ1) is 5.15. The number of hydrogen-bond donors (Lipinski definition) is 1. The molecule has 1 heterocycles. The Morgan fingerprint density at radius 1 is 1.73 bits per heavy atom. The number of carbonyl (C=O) groups excluding carboxylic acids is 1. The van der Waals surface area contributed by atoms with Gasteiger partial charge in [0.2, 0.25) is 0 Å². The molecule has 0 bridgehead atoms. The molecule has 0 unspecified atom stereocenters. The number of hydrogen-bond acceptors (Lipinski definition) is 2. The third-order valence-electron chi connectivity index (χ3n) is 1.43. The van der Waals surface area contributed by atoms with Crippen molar-refractivity contribution in [2.24, 2.45) is 0 Å². The van der Waals surface area contributed by atoms with Gasteiger partial charge < -0.3 is 4.98 Å². The van der Waals surface area contributed by atoms with Crippen molar-refractivity contribution in [2.75, 3.05) is 0 Å². The number of rotatable bonds is 2. The minimum absolute atomic E-state index is 0.0214. The van der Waals surface area contributed by atoms with E-state index in [2.05, 4.69) is 16.5 Å². The molecule has 0 saturated heterocycles. The van der Waals surface area contributed by atoms with Gasteiger partial charge in [0.15, 0.2) is 5.78 Å². The molecule has 1 aromatic rings. The Morgan fingerprint density at radius 2 is 2.36 bits per heavy atom. The predicted molar refractivity (Wildman–Crippen MR) is 43.4 cm³/mol. The molecule has 1 rings (SSSR count). The summed E-state index contributed by atoms with van der Waals surface area (Å²) in [5.74, 6) is 0.625. The maximum Gasteiger partial charge on any atom is 0.179 e. The number of H-pyrrole nitrogens is 1. The zero-order valence-electron chi connectivity index (χ0n) is 6.64. The number of imidazole rings is 1. The first-order valence-corrected chi connectivity index (χ1v) is 3.35. The summed E-state index contributed by atoms with van der Waals surface area (Å²) in [6.07, 6.45) is 1.58. The van der Waals surface area contributed by atoms with Gasteiger partial charge in [0.05, 0.1) is 0 Å². The third-order valence-corrected chi connectivity index (χ3v) is 1.43. The van der Waals surface area contributed by atoms with Crippen LogP contribution >= 0.6 is 0 Å². The fraction of sp³-hybridized carbons (Fsp3) is 0.250. The Labute approximate surface area is 65.2 Å². The zero-order valence-corrected chi connectivity index (χ0v) is 6.64. The van der Waals surface area contributed by atoms with Gasteiger partial charge in [0, 0.05) is 12.6 Å². The summed E-state index contributed by atoms with van der Waals surface area (Å²) in [6, 6.07) is 0. The number of ketones is 1. The molecule has 1 N–H and O–H groups in total. The minimum atomic E-state index is -0.0214. The van der Waals surface area contributed by atoms with Gasteiger partial charge in [-0.05, 0) is 13.0 Å². The molecular weight excluding hydrogens is 140 g/mol. The average Bonchev–Trinajstić information content (AvgIpc) is 2.30. The minimum Gasteiger partial charge on any atom is -0.342 e. The van der Waals surface area contributed by atoms with Crippen LogP contribution in [0.15, 0.2) is 6.58 Å². The van der Waals surface area contributed by atoms with E-state index in [1.54, 1.807) is 6.08 Å². The van der Waals surface area contributed by atoms with Crippen molar-refractivity contribution in [2.45, 2.75) is 13.8 Å². The average molecular weight is 150 g/mol. The van der Waals surface area contributed by atoms with Crippen LogP contribution in [0.2, 0.25) is 0 Å². The SMILES string of the molecule is C=Cc1nc(C(C)=O)c(C)[nH]1. The maximum absolute atomic E-state index is 10.9. The highest BCUT2D eigenvalue weighted by molar-refractivity contribution is 5.93. The largest absolute Gasteiger partial charge is 0.342 e. The predicted octanol–water partition coefficient (Wildman–Crippen LogP) is 1.56. The standard InChI is InChI=1S/C8H10N2O/c1-4-7-9-5(2)8(10-7)6(3)11/h4H,1H2,2-3H3,(H,9,10). The van der Waals surface area contributed by atoms with Crippen LogP contribution in [0.5, 0.6) is 0 Å². The summed E-state index contributed by atoms with van der Waals surface area (Å²) in [5, 5.41) is 0. The van der Waals surface area contributed by atoms with Crippen LogP contribution in [0, 0.1) is 6.92 Å². The molecule has 0 aliphatic carbocycles. The normalized spacial score (nSPS) is 9.64. The summed E-state index contributed by atoms with van der Waals surface area (Å²) in [5.41, 5.74) is 1.30. The van der Waals surface area contributed by atoms with Gasteiger partial charge in [-0.3, -0.25) is 4.79 Å². The monoisotopic (exact) mass is 150 g/mol. The summed E-state index contributed by atoms with van der Waals surface area (Å²) >= 11 is 0. The van der Waals surface area contributed by atoms with Crippen LogP contribution in [0.4, 0.5) is 0 Å². The van der Waals surface area contributed by atoms with E-state index in [-0.39, 0.29) is 5.78 Å². The zero-order chi connectivity index (χ0) is 8.43. The molecule has 0 aromatic carbocycles. The van der Waals surface area contributed by atoms with Crippen LogP contribution in [0.25, 0.3) is 6.08 Å². The number of carbonyl (C=O) groups is 1. The number of aryl methyl sites for hydroxylation is 1. The second-order valence-electron chi connectivity index (χ2n) is 2.36. The fourth-order valence-electron chi connectivity index (χ4n) is 0.923. The third kappa shape index (κ3) is 1.37. The van der Waals surface area contributed by atoms with Crippen LogP contribution < -0.4 is 0 Å². The molecule has 0 fully saturated rings. The summed E-state index contributed by atoms with van der Waals surface area (Å²) in [6.45, 7) is 6.85. The topological polar surface area (TPSA) is 45.8 Å². The summed E-state index contributed by atoms with van der Waals surface area (Å²) < 4.78 is 0. The molecule has 11 heavy (non-hydrogen) atoms. The molecule has 58 valence electrons.